The molecule has 0 aliphatic heterocycles. The van der Waals surface area contributed by atoms with E-state index in [9.17, 15) is 9.59 Å². The predicted octanol–water partition coefficient (Wildman–Crippen LogP) is 2.88. The number of nitrogens with zero attached hydrogens (tertiary/aromatic N) is 1. The molecule has 0 fully saturated rings. The van der Waals surface area contributed by atoms with Crippen molar-refractivity contribution >= 4 is 23.4 Å². The van der Waals surface area contributed by atoms with Gasteiger partial charge in [0.1, 0.15) is 11.6 Å². The second kappa shape index (κ2) is 7.58. The monoisotopic (exact) mass is 328 g/mol. The summed E-state index contributed by atoms with van der Waals surface area (Å²) in [6.07, 6.45) is -0.378. The lowest BCUT2D eigenvalue weighted by Gasteiger charge is -2.22. The minimum absolute atomic E-state index is 0.273. The minimum Gasteiger partial charge on any atom is -0.467 e. The predicted molar refractivity (Wildman–Crippen MR) is 85.1 cm³/mol. The molecule has 124 valence electrons. The molecular formula is C15H24N2O4S. The van der Waals surface area contributed by atoms with Crippen LogP contribution in [-0.2, 0) is 20.7 Å². The Kier molecular flexibility index (Phi) is 6.34. The van der Waals surface area contributed by atoms with Gasteiger partial charge in [0, 0.05) is 17.7 Å². The van der Waals surface area contributed by atoms with E-state index in [-0.39, 0.29) is 6.42 Å². The smallest absolute Gasteiger partial charge is 0.408 e. The fourth-order valence-electron chi connectivity index (χ4n) is 1.68. The number of alkyl carbamates (subject to hydrolysis) is 1. The van der Waals surface area contributed by atoms with Gasteiger partial charge < -0.3 is 14.8 Å². The largest absolute Gasteiger partial charge is 0.467 e. The van der Waals surface area contributed by atoms with Gasteiger partial charge in [-0.1, -0.05) is 13.8 Å². The number of nitrogens with one attached hydrogen (secondary N) is 1. The molecule has 22 heavy (non-hydrogen) atoms. The molecule has 0 spiro atoms. The van der Waals surface area contributed by atoms with Crippen molar-refractivity contribution in [3.8, 4) is 0 Å². The normalized spacial score (nSPS) is 12.9. The van der Waals surface area contributed by atoms with Gasteiger partial charge in [-0.15, -0.1) is 11.3 Å². The molecule has 1 amide bonds. The van der Waals surface area contributed by atoms with E-state index in [0.29, 0.717) is 5.92 Å². The topological polar surface area (TPSA) is 77.5 Å². The highest BCUT2D eigenvalue weighted by atomic mass is 32.1. The Bertz CT molecular complexity index is 520. The zero-order valence-corrected chi connectivity index (χ0v) is 14.7. The summed E-state index contributed by atoms with van der Waals surface area (Å²) in [7, 11) is 1.28. The number of carbonyl (C=O) groups excluding carboxylic acids is 2. The number of aromatic nitrogens is 1. The van der Waals surface area contributed by atoms with Crippen LogP contribution in [0.4, 0.5) is 4.79 Å². The lowest BCUT2D eigenvalue weighted by molar-refractivity contribution is -0.143. The number of ether oxygens (including phenoxy) is 2. The van der Waals surface area contributed by atoms with E-state index in [1.807, 2.05) is 5.38 Å². The number of carbonyl (C=O) groups is 2. The molecule has 0 saturated carbocycles. The molecule has 1 unspecified atom stereocenters. The Morgan fingerprint density at radius 3 is 2.45 bits per heavy atom. The van der Waals surface area contributed by atoms with Crippen molar-refractivity contribution in [2.24, 2.45) is 0 Å². The molecule has 0 radical (unpaired) electrons. The summed E-state index contributed by atoms with van der Waals surface area (Å²) in [5.41, 5.74) is 0.121. The number of thiazole rings is 1. The number of methoxy groups -OCH3 is 1. The third kappa shape index (κ3) is 6.01. The highest BCUT2D eigenvalue weighted by molar-refractivity contribution is 7.09. The van der Waals surface area contributed by atoms with E-state index < -0.39 is 23.7 Å². The molecule has 0 bridgehead atoms. The van der Waals surface area contributed by atoms with Crippen LogP contribution in [0.1, 0.15) is 51.2 Å². The third-order valence-corrected chi connectivity index (χ3v) is 3.85. The summed E-state index contributed by atoms with van der Waals surface area (Å²) in [6.45, 7) is 9.39. The van der Waals surface area contributed by atoms with Crippen LogP contribution in [-0.4, -0.2) is 35.8 Å². The van der Waals surface area contributed by atoms with Crippen LogP contribution in [0.3, 0.4) is 0 Å². The van der Waals surface area contributed by atoms with Crippen LogP contribution >= 0.6 is 11.3 Å². The average molecular weight is 328 g/mol. The van der Waals surface area contributed by atoms with E-state index >= 15 is 0 Å². The van der Waals surface area contributed by atoms with Crippen molar-refractivity contribution in [3.63, 3.8) is 0 Å². The Hall–Kier alpha value is -1.63. The van der Waals surface area contributed by atoms with Crippen molar-refractivity contribution < 1.29 is 19.1 Å². The lowest BCUT2D eigenvalue weighted by atomic mass is 10.1. The van der Waals surface area contributed by atoms with Gasteiger partial charge in [-0.05, 0) is 20.8 Å². The molecule has 0 aromatic carbocycles. The molecule has 1 aromatic rings. The van der Waals surface area contributed by atoms with Crippen LogP contribution in [0, 0.1) is 0 Å². The zero-order chi connectivity index (χ0) is 16.9. The van der Waals surface area contributed by atoms with E-state index in [0.717, 1.165) is 10.7 Å². The van der Waals surface area contributed by atoms with Crippen molar-refractivity contribution in [3.05, 3.63) is 16.1 Å². The van der Waals surface area contributed by atoms with Gasteiger partial charge in [-0.2, -0.15) is 0 Å². The molecule has 7 heteroatoms. The summed E-state index contributed by atoms with van der Waals surface area (Å²) in [5, 5.41) is 5.43. The molecule has 0 aliphatic rings. The first-order chi connectivity index (χ1) is 10.1. The zero-order valence-electron chi connectivity index (χ0n) is 13.9. The molecule has 0 saturated heterocycles. The number of amides is 1. The van der Waals surface area contributed by atoms with E-state index in [1.54, 1.807) is 32.1 Å². The average Bonchev–Trinajstić information content (AvgIpc) is 2.83. The Morgan fingerprint density at radius 1 is 1.36 bits per heavy atom. The summed E-state index contributed by atoms with van der Waals surface area (Å²) in [5.74, 6) is -0.195. The van der Waals surface area contributed by atoms with Gasteiger partial charge in [0.25, 0.3) is 0 Å². The van der Waals surface area contributed by atoms with Gasteiger partial charge in [-0.25, -0.2) is 14.6 Å². The SMILES string of the molecule is COC(=O)C(Cc1csc(C(C)C)n1)NC(=O)OC(C)(C)C. The maximum absolute atomic E-state index is 11.8. The van der Waals surface area contributed by atoms with Gasteiger partial charge in [0.05, 0.1) is 17.8 Å². The van der Waals surface area contributed by atoms with Crippen molar-refractivity contribution in [1.29, 1.82) is 0 Å². The second-order valence-corrected chi connectivity index (χ2v) is 7.15. The molecule has 1 aromatic heterocycles. The van der Waals surface area contributed by atoms with Crippen LogP contribution < -0.4 is 5.32 Å². The summed E-state index contributed by atoms with van der Waals surface area (Å²) in [4.78, 5) is 28.1. The number of esters is 1. The molecule has 1 heterocycles. The van der Waals surface area contributed by atoms with Gasteiger partial charge >= 0.3 is 12.1 Å². The van der Waals surface area contributed by atoms with Crippen LogP contribution in [0.25, 0.3) is 0 Å². The first-order valence-electron chi connectivity index (χ1n) is 7.14. The Balaban J connectivity index is 2.76. The first-order valence-corrected chi connectivity index (χ1v) is 8.02. The fourth-order valence-corrected chi connectivity index (χ4v) is 2.52. The molecule has 0 aliphatic carbocycles. The van der Waals surface area contributed by atoms with Gasteiger partial charge in [0.15, 0.2) is 0 Å². The molecule has 1 rings (SSSR count). The molecular weight excluding hydrogens is 304 g/mol. The molecule has 1 N–H and O–H groups in total. The summed E-state index contributed by atoms with van der Waals surface area (Å²) in [6, 6.07) is -0.818. The number of hydrogen-bond donors (Lipinski definition) is 1. The van der Waals surface area contributed by atoms with Crippen molar-refractivity contribution in [2.45, 2.75) is 58.6 Å². The van der Waals surface area contributed by atoms with E-state index in [2.05, 4.69) is 24.1 Å². The Morgan fingerprint density at radius 2 is 2.00 bits per heavy atom. The van der Waals surface area contributed by atoms with Crippen LogP contribution in [0.5, 0.6) is 0 Å². The van der Waals surface area contributed by atoms with E-state index in [1.165, 1.54) is 7.11 Å². The minimum atomic E-state index is -0.818. The van der Waals surface area contributed by atoms with Gasteiger partial charge in [-0.3, -0.25) is 0 Å². The fraction of sp³-hybridized carbons (Fsp3) is 0.667. The standard InChI is InChI=1S/C15H24N2O4S/c1-9(2)12-16-10(8-22-12)7-11(13(18)20-6)17-14(19)21-15(3,4)5/h8-9,11H,7H2,1-6H3,(H,17,19). The van der Waals surface area contributed by atoms with E-state index in [4.69, 9.17) is 9.47 Å². The van der Waals surface area contributed by atoms with Crippen LogP contribution in [0.2, 0.25) is 0 Å². The third-order valence-electron chi connectivity index (χ3n) is 2.65. The Labute approximate surface area is 135 Å². The van der Waals surface area contributed by atoms with Crippen molar-refractivity contribution in [2.75, 3.05) is 7.11 Å². The van der Waals surface area contributed by atoms with Crippen LogP contribution in [0.15, 0.2) is 5.38 Å². The van der Waals surface area contributed by atoms with Crippen molar-refractivity contribution in [1.82, 2.24) is 10.3 Å². The van der Waals surface area contributed by atoms with Gasteiger partial charge in [0.2, 0.25) is 0 Å². The molecule has 6 nitrogen and oxygen atoms in total. The maximum atomic E-state index is 11.8. The first kappa shape index (κ1) is 18.4. The second-order valence-electron chi connectivity index (χ2n) is 6.26. The quantitative estimate of drug-likeness (QED) is 0.841. The summed E-state index contributed by atoms with van der Waals surface area (Å²) < 4.78 is 9.90. The highest BCUT2D eigenvalue weighted by Crippen LogP contribution is 2.20. The lowest BCUT2D eigenvalue weighted by Crippen LogP contribution is -2.45. The number of hydrogen-bond acceptors (Lipinski definition) is 6. The highest BCUT2D eigenvalue weighted by Gasteiger charge is 2.26. The summed E-state index contributed by atoms with van der Waals surface area (Å²) >= 11 is 1.54. The number of rotatable bonds is 5. The molecule has 1 atom stereocenters. The maximum Gasteiger partial charge on any atom is 0.408 e.